The van der Waals surface area contributed by atoms with Gasteiger partial charge in [0.1, 0.15) is 22.8 Å². The molecule has 0 saturated heterocycles. The molecule has 1 aromatic heterocycles. The largest absolute Gasteiger partial charge is 0.463 e. The number of sulfone groups is 1. The van der Waals surface area contributed by atoms with E-state index in [1.807, 2.05) is 0 Å². The van der Waals surface area contributed by atoms with E-state index in [1.165, 1.54) is 24.3 Å². The predicted molar refractivity (Wildman–Crippen MR) is 102 cm³/mol. The van der Waals surface area contributed by atoms with E-state index in [4.69, 9.17) is 16.0 Å². The van der Waals surface area contributed by atoms with Crippen molar-refractivity contribution < 1.29 is 12.8 Å². The molecule has 0 N–H and O–H groups in total. The van der Waals surface area contributed by atoms with Crippen LogP contribution in [0.25, 0.3) is 17.0 Å². The van der Waals surface area contributed by atoms with Gasteiger partial charge in [0, 0.05) is 9.50 Å². The molecule has 0 amide bonds. The second-order valence-corrected chi connectivity index (χ2v) is 8.51. The first-order valence-corrected chi connectivity index (χ1v) is 9.82. The number of hydrogen-bond acceptors (Lipinski definition) is 5. The zero-order chi connectivity index (χ0) is 18.9. The summed E-state index contributed by atoms with van der Waals surface area (Å²) < 4.78 is 31.3. The normalized spacial score (nSPS) is 12.1. The molecule has 0 bridgehead atoms. The highest BCUT2D eigenvalue weighted by molar-refractivity contribution is 9.10. The van der Waals surface area contributed by atoms with Crippen LogP contribution in [0.5, 0.6) is 0 Å². The van der Waals surface area contributed by atoms with Gasteiger partial charge in [-0.25, -0.2) is 8.42 Å². The van der Waals surface area contributed by atoms with Crippen molar-refractivity contribution in [1.29, 1.82) is 5.26 Å². The van der Waals surface area contributed by atoms with Crippen molar-refractivity contribution in [1.82, 2.24) is 0 Å². The summed E-state index contributed by atoms with van der Waals surface area (Å²) in [5.74, 6) is 0. The van der Waals surface area contributed by atoms with Gasteiger partial charge in [-0.05, 0) is 48.5 Å². The Bertz CT molecular complexity index is 1240. The Morgan fingerprint density at radius 1 is 1.19 bits per heavy atom. The minimum absolute atomic E-state index is 0.0540. The van der Waals surface area contributed by atoms with E-state index in [0.717, 1.165) is 12.3 Å². The van der Waals surface area contributed by atoms with Crippen molar-refractivity contribution in [3.05, 3.63) is 78.9 Å². The molecule has 26 heavy (non-hydrogen) atoms. The van der Waals surface area contributed by atoms with Gasteiger partial charge in [0.2, 0.25) is 9.84 Å². The highest BCUT2D eigenvalue weighted by Crippen LogP contribution is 2.23. The molecule has 2 aromatic carbocycles. The van der Waals surface area contributed by atoms with Crippen molar-refractivity contribution >= 4 is 54.4 Å². The molecule has 0 saturated carbocycles. The molecule has 1 heterocycles. The first-order valence-electron chi connectivity index (χ1n) is 7.16. The number of fused-ring (bicyclic) bond motifs is 1. The molecule has 0 aliphatic carbocycles. The molecular formula is C18H9BrClNO4S. The molecule has 0 spiro atoms. The first kappa shape index (κ1) is 18.4. The number of nitrogens with zero attached hydrogens (tertiary/aromatic N) is 1. The van der Waals surface area contributed by atoms with Crippen LogP contribution < -0.4 is 5.43 Å². The summed E-state index contributed by atoms with van der Waals surface area (Å²) in [7, 11) is -4.07. The van der Waals surface area contributed by atoms with Crippen LogP contribution in [0.1, 0.15) is 5.56 Å². The van der Waals surface area contributed by atoms with E-state index in [0.29, 0.717) is 15.1 Å². The van der Waals surface area contributed by atoms with Crippen molar-refractivity contribution in [3.8, 4) is 6.07 Å². The van der Waals surface area contributed by atoms with E-state index in [9.17, 15) is 18.5 Å². The van der Waals surface area contributed by atoms with E-state index < -0.39 is 20.2 Å². The molecule has 130 valence electrons. The number of hydrogen-bond donors (Lipinski definition) is 0. The highest BCUT2D eigenvalue weighted by atomic mass is 79.9. The number of nitriles is 1. The van der Waals surface area contributed by atoms with Crippen molar-refractivity contribution in [2.75, 3.05) is 0 Å². The second kappa shape index (κ2) is 7.08. The van der Waals surface area contributed by atoms with E-state index in [-0.39, 0.29) is 15.8 Å². The maximum Gasteiger partial charge on any atom is 0.216 e. The van der Waals surface area contributed by atoms with Gasteiger partial charge in [0.25, 0.3) is 0 Å². The van der Waals surface area contributed by atoms with Crippen LogP contribution in [-0.4, -0.2) is 8.42 Å². The molecule has 0 unspecified atom stereocenters. The van der Waals surface area contributed by atoms with Crippen LogP contribution in [0, 0.1) is 11.3 Å². The molecule has 3 aromatic rings. The van der Waals surface area contributed by atoms with Crippen LogP contribution in [-0.2, 0) is 9.84 Å². The van der Waals surface area contributed by atoms with Gasteiger partial charge >= 0.3 is 0 Å². The summed E-state index contributed by atoms with van der Waals surface area (Å²) in [6.45, 7) is 0. The summed E-state index contributed by atoms with van der Waals surface area (Å²) in [6, 6.07) is 12.0. The van der Waals surface area contributed by atoms with Crippen molar-refractivity contribution in [2.24, 2.45) is 0 Å². The van der Waals surface area contributed by atoms with Gasteiger partial charge in [-0.2, -0.15) is 5.26 Å². The Kier molecular flexibility index (Phi) is 5.01. The third-order valence-electron chi connectivity index (χ3n) is 3.57. The lowest BCUT2D eigenvalue weighted by Crippen LogP contribution is -2.08. The number of rotatable bonds is 3. The maximum absolute atomic E-state index is 12.6. The lowest BCUT2D eigenvalue weighted by atomic mass is 10.1. The zero-order valence-corrected chi connectivity index (χ0v) is 16.1. The topological polar surface area (TPSA) is 88.1 Å². The molecule has 0 aliphatic heterocycles. The Morgan fingerprint density at radius 2 is 1.88 bits per heavy atom. The van der Waals surface area contributed by atoms with E-state index in [2.05, 4.69) is 15.9 Å². The van der Waals surface area contributed by atoms with Gasteiger partial charge in [-0.1, -0.05) is 27.5 Å². The fraction of sp³-hybridized carbons (Fsp3) is 0. The summed E-state index contributed by atoms with van der Waals surface area (Å²) in [5.41, 5.74) is -0.227. The monoisotopic (exact) mass is 449 g/mol. The van der Waals surface area contributed by atoms with Crippen LogP contribution in [0.2, 0.25) is 5.02 Å². The van der Waals surface area contributed by atoms with Gasteiger partial charge in [-0.3, -0.25) is 4.79 Å². The fourth-order valence-electron chi connectivity index (χ4n) is 2.27. The zero-order valence-electron chi connectivity index (χ0n) is 12.9. The van der Waals surface area contributed by atoms with Crippen LogP contribution in [0.15, 0.2) is 72.2 Å². The Balaban J connectivity index is 2.17. The minimum atomic E-state index is -4.07. The number of allylic oxidation sites excluding steroid dienone is 1. The molecule has 3 rings (SSSR count). The predicted octanol–water partition coefficient (Wildman–Crippen LogP) is 4.55. The standard InChI is InChI=1S/C18H9BrClNO4S/c19-12-1-4-14(5-2-12)26(23,24)15(9-21)7-11-10-25-17-6-3-13(20)8-16(17)18(11)22/h1-8,10H/b15-7+. The third kappa shape index (κ3) is 3.44. The quantitative estimate of drug-likeness (QED) is 0.546. The Hall–Kier alpha value is -2.40. The van der Waals surface area contributed by atoms with E-state index >= 15 is 0 Å². The summed E-state index contributed by atoms with van der Waals surface area (Å²) in [5, 5.41) is 9.87. The first-order chi connectivity index (χ1) is 12.3. The van der Waals surface area contributed by atoms with Gasteiger partial charge in [0.05, 0.1) is 15.8 Å². The maximum atomic E-state index is 12.6. The molecule has 5 nitrogen and oxygen atoms in total. The molecule has 8 heteroatoms. The Labute approximate surface area is 162 Å². The van der Waals surface area contributed by atoms with Crippen molar-refractivity contribution in [2.45, 2.75) is 4.90 Å². The van der Waals surface area contributed by atoms with Gasteiger partial charge in [-0.15, -0.1) is 0 Å². The minimum Gasteiger partial charge on any atom is -0.463 e. The van der Waals surface area contributed by atoms with Crippen LogP contribution in [0.3, 0.4) is 0 Å². The molecule has 0 atom stereocenters. The molecular weight excluding hydrogens is 442 g/mol. The number of halogens is 2. The SMILES string of the molecule is N#C/C(=C\c1coc2ccc(Cl)cc2c1=O)S(=O)(=O)c1ccc(Br)cc1. The molecule has 0 radical (unpaired) electrons. The van der Waals surface area contributed by atoms with Crippen LogP contribution >= 0.6 is 27.5 Å². The molecule has 0 fully saturated rings. The van der Waals surface area contributed by atoms with Crippen LogP contribution in [0.4, 0.5) is 0 Å². The van der Waals surface area contributed by atoms with Crippen molar-refractivity contribution in [3.63, 3.8) is 0 Å². The number of benzene rings is 2. The molecule has 0 aliphatic rings. The average molecular weight is 451 g/mol. The lowest BCUT2D eigenvalue weighted by Gasteiger charge is -2.04. The van der Waals surface area contributed by atoms with Gasteiger partial charge < -0.3 is 4.42 Å². The Morgan fingerprint density at radius 3 is 2.54 bits per heavy atom. The third-order valence-corrected chi connectivity index (χ3v) is 6.02. The highest BCUT2D eigenvalue weighted by Gasteiger charge is 2.21. The lowest BCUT2D eigenvalue weighted by molar-refractivity contribution is 0.601. The summed E-state index contributed by atoms with van der Waals surface area (Å²) >= 11 is 9.11. The fourth-order valence-corrected chi connectivity index (χ4v) is 3.86. The summed E-state index contributed by atoms with van der Waals surface area (Å²) in [6.07, 6.45) is 2.12. The van der Waals surface area contributed by atoms with Gasteiger partial charge in [0.15, 0.2) is 5.43 Å². The average Bonchev–Trinajstić information content (AvgIpc) is 2.62. The second-order valence-electron chi connectivity index (χ2n) is 5.24. The summed E-state index contributed by atoms with van der Waals surface area (Å²) in [4.78, 5) is 12.0. The smallest absolute Gasteiger partial charge is 0.216 e. The van der Waals surface area contributed by atoms with E-state index in [1.54, 1.807) is 24.3 Å².